The van der Waals surface area contributed by atoms with E-state index in [1.165, 1.54) is 0 Å². The molecule has 8 heteroatoms. The fourth-order valence-electron chi connectivity index (χ4n) is 3.70. The number of anilines is 1. The Labute approximate surface area is 198 Å². The molecule has 1 saturated heterocycles. The van der Waals surface area contributed by atoms with Gasteiger partial charge in [0.15, 0.2) is 5.13 Å². The minimum atomic E-state index is -0.0107. The highest BCUT2D eigenvalue weighted by Crippen LogP contribution is 2.34. The number of amides is 1. The molecule has 3 aromatic rings. The number of hydrogen-bond acceptors (Lipinski definition) is 5. The Hall–Kier alpha value is -1.70. The molecule has 1 aliphatic heterocycles. The Bertz CT molecular complexity index is 1050. The lowest BCUT2D eigenvalue weighted by atomic mass is 10.1. The molecular weight excluding hydrogens is 453 g/mol. The average molecular weight is 480 g/mol. The number of benzene rings is 2. The smallest absolute Gasteiger partial charge is 0.260 e. The molecule has 0 atom stereocenters. The molecule has 4 rings (SSSR count). The first-order chi connectivity index (χ1) is 14.5. The van der Waals surface area contributed by atoms with E-state index in [1.807, 2.05) is 55.1 Å². The van der Waals surface area contributed by atoms with Gasteiger partial charge in [0.05, 0.1) is 23.4 Å². The van der Waals surface area contributed by atoms with Gasteiger partial charge in [-0.05, 0) is 50.1 Å². The molecule has 5 nitrogen and oxygen atoms in total. The monoisotopic (exact) mass is 479 g/mol. The quantitative estimate of drug-likeness (QED) is 0.477. The number of hydrogen-bond donors (Lipinski definition) is 0. The van der Waals surface area contributed by atoms with Crippen LogP contribution in [0, 0.1) is 13.8 Å². The summed E-state index contributed by atoms with van der Waals surface area (Å²) in [6, 6.07) is 11.6. The second-order valence-electron chi connectivity index (χ2n) is 7.65. The molecule has 1 aromatic heterocycles. The summed E-state index contributed by atoms with van der Waals surface area (Å²) in [7, 11) is 0. The Morgan fingerprint density at radius 2 is 2.00 bits per heavy atom. The number of rotatable bonds is 6. The topological polar surface area (TPSA) is 45.7 Å². The van der Waals surface area contributed by atoms with Crippen molar-refractivity contribution in [1.29, 1.82) is 0 Å². The van der Waals surface area contributed by atoms with Crippen molar-refractivity contribution < 1.29 is 9.53 Å². The third-order valence-electron chi connectivity index (χ3n) is 5.44. The number of aromatic nitrogens is 1. The van der Waals surface area contributed by atoms with Gasteiger partial charge in [0.25, 0.3) is 5.91 Å². The van der Waals surface area contributed by atoms with Crippen molar-refractivity contribution >= 4 is 56.6 Å². The molecule has 0 aliphatic carbocycles. The van der Waals surface area contributed by atoms with Crippen LogP contribution in [0.25, 0.3) is 10.2 Å². The Kier molecular flexibility index (Phi) is 8.30. The van der Waals surface area contributed by atoms with Crippen LogP contribution in [0.15, 0.2) is 36.4 Å². The summed E-state index contributed by atoms with van der Waals surface area (Å²) in [4.78, 5) is 22.5. The van der Waals surface area contributed by atoms with E-state index in [0.717, 1.165) is 65.7 Å². The number of carbonyl (C=O) groups is 1. The zero-order chi connectivity index (χ0) is 21.1. The van der Waals surface area contributed by atoms with E-state index in [9.17, 15) is 4.79 Å². The zero-order valence-electron chi connectivity index (χ0n) is 17.8. The minimum Gasteiger partial charge on any atom is -0.379 e. The Morgan fingerprint density at radius 1 is 1.23 bits per heavy atom. The van der Waals surface area contributed by atoms with Gasteiger partial charge in [0, 0.05) is 36.8 Å². The van der Waals surface area contributed by atoms with E-state index in [0.29, 0.717) is 17.1 Å². The first kappa shape index (κ1) is 24.0. The molecule has 0 unspecified atom stereocenters. The second-order valence-corrected chi connectivity index (χ2v) is 9.07. The van der Waals surface area contributed by atoms with Crippen molar-refractivity contribution in [2.45, 2.75) is 20.3 Å². The molecule has 0 saturated carbocycles. The molecule has 1 amide bonds. The van der Waals surface area contributed by atoms with Gasteiger partial charge < -0.3 is 4.74 Å². The van der Waals surface area contributed by atoms with Crippen LogP contribution in [0.2, 0.25) is 5.02 Å². The third-order valence-corrected chi connectivity index (χ3v) is 6.89. The highest BCUT2D eigenvalue weighted by Gasteiger charge is 2.22. The van der Waals surface area contributed by atoms with E-state index >= 15 is 0 Å². The van der Waals surface area contributed by atoms with Gasteiger partial charge in [0.2, 0.25) is 0 Å². The van der Waals surface area contributed by atoms with Gasteiger partial charge in [-0.15, -0.1) is 12.4 Å². The molecule has 0 N–H and O–H groups in total. The SMILES string of the molecule is Cc1cccc(C(=O)N(CCCN2CCOCC2)c2nc3c(C)c(Cl)ccc3s2)c1.Cl. The highest BCUT2D eigenvalue weighted by atomic mass is 35.5. The van der Waals surface area contributed by atoms with Crippen molar-refractivity contribution in [3.05, 3.63) is 58.1 Å². The van der Waals surface area contributed by atoms with E-state index in [4.69, 9.17) is 21.3 Å². The van der Waals surface area contributed by atoms with Crippen molar-refractivity contribution in [3.63, 3.8) is 0 Å². The maximum Gasteiger partial charge on any atom is 0.260 e. The second kappa shape index (κ2) is 10.7. The Balaban J connectivity index is 0.00000272. The molecule has 0 bridgehead atoms. The molecule has 2 heterocycles. The standard InChI is InChI=1S/C23H26ClN3O2S.ClH/c1-16-5-3-6-18(15-16)22(28)27(10-4-9-26-11-13-29-14-12-26)23-25-21-17(2)19(24)7-8-20(21)30-23;/h3,5-8,15H,4,9-14H2,1-2H3;1H. The number of fused-ring (bicyclic) bond motifs is 1. The van der Waals surface area contributed by atoms with Crippen LogP contribution in [0.5, 0.6) is 0 Å². The van der Waals surface area contributed by atoms with Gasteiger partial charge in [-0.2, -0.15) is 0 Å². The number of morpholine rings is 1. The lowest BCUT2D eigenvalue weighted by molar-refractivity contribution is 0.0376. The lowest BCUT2D eigenvalue weighted by Crippen LogP contribution is -2.39. The maximum atomic E-state index is 13.4. The number of aryl methyl sites for hydroxylation is 2. The van der Waals surface area contributed by atoms with Crippen molar-refractivity contribution in [2.75, 3.05) is 44.3 Å². The molecule has 1 fully saturated rings. The summed E-state index contributed by atoms with van der Waals surface area (Å²) in [5.74, 6) is -0.0107. The van der Waals surface area contributed by atoms with Gasteiger partial charge >= 0.3 is 0 Å². The van der Waals surface area contributed by atoms with Crippen LogP contribution < -0.4 is 4.90 Å². The summed E-state index contributed by atoms with van der Waals surface area (Å²) >= 11 is 7.83. The molecule has 31 heavy (non-hydrogen) atoms. The fraction of sp³-hybridized carbons (Fsp3) is 0.391. The number of ether oxygens (including phenoxy) is 1. The number of thiazole rings is 1. The van der Waals surface area contributed by atoms with E-state index < -0.39 is 0 Å². The van der Waals surface area contributed by atoms with Crippen LogP contribution in [-0.2, 0) is 4.74 Å². The lowest BCUT2D eigenvalue weighted by Gasteiger charge is -2.27. The number of halogens is 2. The normalized spacial score (nSPS) is 14.4. The minimum absolute atomic E-state index is 0. The van der Waals surface area contributed by atoms with Crippen molar-refractivity contribution in [3.8, 4) is 0 Å². The number of carbonyl (C=O) groups excluding carboxylic acids is 1. The fourth-order valence-corrected chi connectivity index (χ4v) is 4.90. The maximum absolute atomic E-state index is 13.4. The molecule has 166 valence electrons. The van der Waals surface area contributed by atoms with Gasteiger partial charge in [0.1, 0.15) is 0 Å². The van der Waals surface area contributed by atoms with Crippen LogP contribution in [-0.4, -0.2) is 55.2 Å². The van der Waals surface area contributed by atoms with Crippen LogP contribution >= 0.6 is 35.3 Å². The predicted molar refractivity (Wildman–Crippen MR) is 131 cm³/mol. The summed E-state index contributed by atoms with van der Waals surface area (Å²) in [5.41, 5.74) is 3.59. The average Bonchev–Trinajstić information content (AvgIpc) is 3.19. The van der Waals surface area contributed by atoms with E-state index in [-0.39, 0.29) is 18.3 Å². The van der Waals surface area contributed by atoms with Crippen molar-refractivity contribution in [2.24, 2.45) is 0 Å². The summed E-state index contributed by atoms with van der Waals surface area (Å²) in [6.45, 7) is 9.00. The predicted octanol–water partition coefficient (Wildman–Crippen LogP) is 5.36. The highest BCUT2D eigenvalue weighted by molar-refractivity contribution is 7.22. The summed E-state index contributed by atoms with van der Waals surface area (Å²) in [6.07, 6.45) is 0.882. The summed E-state index contributed by atoms with van der Waals surface area (Å²) in [5, 5.41) is 1.42. The van der Waals surface area contributed by atoms with Gasteiger partial charge in [-0.25, -0.2) is 4.98 Å². The molecule has 1 aliphatic rings. The molecule has 0 spiro atoms. The molecule has 0 radical (unpaired) electrons. The molecule has 2 aromatic carbocycles. The van der Waals surface area contributed by atoms with Gasteiger partial charge in [-0.1, -0.05) is 40.6 Å². The number of nitrogens with zero attached hydrogens (tertiary/aromatic N) is 3. The van der Waals surface area contributed by atoms with Crippen LogP contribution in [0.3, 0.4) is 0 Å². The van der Waals surface area contributed by atoms with Crippen molar-refractivity contribution in [1.82, 2.24) is 9.88 Å². The Morgan fingerprint density at radius 3 is 2.74 bits per heavy atom. The van der Waals surface area contributed by atoms with Crippen LogP contribution in [0.1, 0.15) is 27.9 Å². The van der Waals surface area contributed by atoms with E-state index in [1.54, 1.807) is 11.3 Å². The zero-order valence-corrected chi connectivity index (χ0v) is 20.2. The molecular formula is C23H27Cl2N3O2S. The van der Waals surface area contributed by atoms with Crippen LogP contribution in [0.4, 0.5) is 5.13 Å². The van der Waals surface area contributed by atoms with Gasteiger partial charge in [-0.3, -0.25) is 14.6 Å². The first-order valence-corrected chi connectivity index (χ1v) is 11.5. The first-order valence-electron chi connectivity index (χ1n) is 10.3. The van der Waals surface area contributed by atoms with E-state index in [2.05, 4.69) is 4.90 Å². The largest absolute Gasteiger partial charge is 0.379 e. The third kappa shape index (κ3) is 5.57. The summed E-state index contributed by atoms with van der Waals surface area (Å²) < 4.78 is 6.48.